The standard InChI is InChI=1S/C19H14N2S/c1-14-7-9-15(10-8-14)11-17(12-20)19-21-18(13-22-19)16-5-3-2-4-6-16/h2-11,13H,1H3/b17-11+. The number of aryl methyl sites for hydroxylation is 1. The van der Waals surface area contributed by atoms with Gasteiger partial charge in [-0.05, 0) is 18.6 Å². The average molecular weight is 302 g/mol. The van der Waals surface area contributed by atoms with Gasteiger partial charge in [0, 0.05) is 10.9 Å². The molecule has 2 aromatic carbocycles. The zero-order valence-corrected chi connectivity index (χ0v) is 13.0. The van der Waals surface area contributed by atoms with E-state index in [4.69, 9.17) is 0 Å². The summed E-state index contributed by atoms with van der Waals surface area (Å²) in [5.74, 6) is 0. The van der Waals surface area contributed by atoms with Crippen molar-refractivity contribution in [2.24, 2.45) is 0 Å². The van der Waals surface area contributed by atoms with Crippen LogP contribution in [0, 0.1) is 18.3 Å². The first-order valence-electron chi connectivity index (χ1n) is 6.96. The van der Waals surface area contributed by atoms with Gasteiger partial charge in [-0.3, -0.25) is 0 Å². The second-order valence-corrected chi connectivity index (χ2v) is 5.84. The Balaban J connectivity index is 1.94. The van der Waals surface area contributed by atoms with E-state index in [1.54, 1.807) is 0 Å². The van der Waals surface area contributed by atoms with Crippen LogP contribution < -0.4 is 0 Å². The van der Waals surface area contributed by atoms with Gasteiger partial charge in [-0.15, -0.1) is 11.3 Å². The van der Waals surface area contributed by atoms with E-state index in [9.17, 15) is 5.26 Å². The van der Waals surface area contributed by atoms with Crippen molar-refractivity contribution in [3.05, 3.63) is 76.1 Å². The van der Waals surface area contributed by atoms with Gasteiger partial charge in [0.05, 0.1) is 11.3 Å². The third-order valence-electron chi connectivity index (χ3n) is 3.31. The van der Waals surface area contributed by atoms with Gasteiger partial charge in [-0.2, -0.15) is 5.26 Å². The molecule has 2 nitrogen and oxygen atoms in total. The van der Waals surface area contributed by atoms with Crippen molar-refractivity contribution in [1.29, 1.82) is 5.26 Å². The molecule has 106 valence electrons. The molecule has 22 heavy (non-hydrogen) atoms. The first-order valence-corrected chi connectivity index (χ1v) is 7.84. The van der Waals surface area contributed by atoms with Crippen molar-refractivity contribution < 1.29 is 0 Å². The Morgan fingerprint density at radius 2 is 1.82 bits per heavy atom. The molecular formula is C19H14N2S. The minimum atomic E-state index is 0.594. The van der Waals surface area contributed by atoms with Crippen molar-refractivity contribution in [3.63, 3.8) is 0 Å². The molecule has 3 rings (SSSR count). The Morgan fingerprint density at radius 3 is 2.50 bits per heavy atom. The molecule has 0 atom stereocenters. The summed E-state index contributed by atoms with van der Waals surface area (Å²) in [7, 11) is 0. The molecule has 1 aromatic heterocycles. The molecule has 0 aliphatic carbocycles. The molecule has 0 unspecified atom stereocenters. The number of rotatable bonds is 3. The molecule has 0 saturated heterocycles. The molecule has 0 aliphatic heterocycles. The highest BCUT2D eigenvalue weighted by atomic mass is 32.1. The van der Waals surface area contributed by atoms with Gasteiger partial charge < -0.3 is 0 Å². The maximum absolute atomic E-state index is 9.42. The number of aromatic nitrogens is 1. The molecule has 0 N–H and O–H groups in total. The maximum Gasteiger partial charge on any atom is 0.134 e. The van der Waals surface area contributed by atoms with Crippen LogP contribution in [0.4, 0.5) is 0 Å². The fourth-order valence-corrected chi connectivity index (χ4v) is 2.90. The van der Waals surface area contributed by atoms with Gasteiger partial charge in [0.1, 0.15) is 11.1 Å². The van der Waals surface area contributed by atoms with Crippen LogP contribution in [0.2, 0.25) is 0 Å². The molecule has 0 fully saturated rings. The van der Waals surface area contributed by atoms with E-state index in [1.807, 2.05) is 73.0 Å². The van der Waals surface area contributed by atoms with Crippen molar-refractivity contribution in [3.8, 4) is 17.3 Å². The van der Waals surface area contributed by atoms with E-state index in [0.29, 0.717) is 5.57 Å². The van der Waals surface area contributed by atoms with Crippen LogP contribution in [0.15, 0.2) is 60.0 Å². The Kier molecular flexibility index (Phi) is 4.13. The van der Waals surface area contributed by atoms with Gasteiger partial charge in [0.25, 0.3) is 0 Å². The number of nitriles is 1. The molecule has 3 aromatic rings. The topological polar surface area (TPSA) is 36.7 Å². The van der Waals surface area contributed by atoms with Gasteiger partial charge in [0.15, 0.2) is 0 Å². The lowest BCUT2D eigenvalue weighted by atomic mass is 10.1. The lowest BCUT2D eigenvalue weighted by molar-refractivity contribution is 1.37. The molecule has 0 spiro atoms. The number of hydrogen-bond donors (Lipinski definition) is 0. The summed E-state index contributed by atoms with van der Waals surface area (Å²) in [5.41, 5.74) is 4.79. The minimum Gasteiger partial charge on any atom is -0.235 e. The van der Waals surface area contributed by atoms with E-state index < -0.39 is 0 Å². The normalized spacial score (nSPS) is 11.2. The van der Waals surface area contributed by atoms with Crippen LogP contribution >= 0.6 is 11.3 Å². The van der Waals surface area contributed by atoms with E-state index >= 15 is 0 Å². The first kappa shape index (κ1) is 14.2. The maximum atomic E-state index is 9.42. The molecule has 1 heterocycles. The third kappa shape index (κ3) is 3.13. The van der Waals surface area contributed by atoms with Crippen molar-refractivity contribution in [1.82, 2.24) is 4.98 Å². The summed E-state index contributed by atoms with van der Waals surface area (Å²) in [6.07, 6.45) is 1.88. The molecule has 0 amide bonds. The molecular weight excluding hydrogens is 288 g/mol. The van der Waals surface area contributed by atoms with Gasteiger partial charge in [-0.25, -0.2) is 4.98 Å². The second kappa shape index (κ2) is 6.38. The molecule has 0 radical (unpaired) electrons. The van der Waals surface area contributed by atoms with Gasteiger partial charge in [0.2, 0.25) is 0 Å². The van der Waals surface area contributed by atoms with E-state index in [1.165, 1.54) is 16.9 Å². The van der Waals surface area contributed by atoms with Gasteiger partial charge >= 0.3 is 0 Å². The van der Waals surface area contributed by atoms with Crippen molar-refractivity contribution in [2.75, 3.05) is 0 Å². The van der Waals surface area contributed by atoms with E-state index in [2.05, 4.69) is 11.1 Å². The summed E-state index contributed by atoms with van der Waals surface area (Å²) in [4.78, 5) is 4.59. The molecule has 0 aliphatic rings. The van der Waals surface area contributed by atoms with Crippen LogP contribution in [0.3, 0.4) is 0 Å². The summed E-state index contributed by atoms with van der Waals surface area (Å²) in [5, 5.41) is 12.2. The first-order chi connectivity index (χ1) is 10.8. The van der Waals surface area contributed by atoms with Crippen molar-refractivity contribution >= 4 is 23.0 Å². The highest BCUT2D eigenvalue weighted by Gasteiger charge is 2.08. The minimum absolute atomic E-state index is 0.594. The Hall–Kier alpha value is -2.70. The molecule has 3 heteroatoms. The predicted molar refractivity (Wildman–Crippen MR) is 92.2 cm³/mol. The van der Waals surface area contributed by atoms with Crippen LogP contribution in [-0.4, -0.2) is 4.98 Å². The molecule has 0 bridgehead atoms. The lowest BCUT2D eigenvalue weighted by Crippen LogP contribution is -1.83. The second-order valence-electron chi connectivity index (χ2n) is 4.98. The number of benzene rings is 2. The van der Waals surface area contributed by atoms with E-state index in [0.717, 1.165) is 21.8 Å². The number of allylic oxidation sites excluding steroid dienone is 1. The monoisotopic (exact) mass is 302 g/mol. The number of hydrogen-bond acceptors (Lipinski definition) is 3. The van der Waals surface area contributed by atoms with Crippen LogP contribution in [0.1, 0.15) is 16.1 Å². The van der Waals surface area contributed by atoms with Crippen LogP contribution in [0.25, 0.3) is 22.9 Å². The highest BCUT2D eigenvalue weighted by molar-refractivity contribution is 7.11. The van der Waals surface area contributed by atoms with Crippen LogP contribution in [-0.2, 0) is 0 Å². The van der Waals surface area contributed by atoms with Crippen molar-refractivity contribution in [2.45, 2.75) is 6.92 Å². The number of thiazole rings is 1. The lowest BCUT2D eigenvalue weighted by Gasteiger charge is -1.97. The summed E-state index contributed by atoms with van der Waals surface area (Å²) >= 11 is 1.50. The smallest absolute Gasteiger partial charge is 0.134 e. The van der Waals surface area contributed by atoms with E-state index in [-0.39, 0.29) is 0 Å². The van der Waals surface area contributed by atoms with Crippen LogP contribution in [0.5, 0.6) is 0 Å². The fourth-order valence-electron chi connectivity index (χ4n) is 2.11. The van der Waals surface area contributed by atoms with Gasteiger partial charge in [-0.1, -0.05) is 60.2 Å². The quantitative estimate of drug-likeness (QED) is 0.625. The summed E-state index contributed by atoms with van der Waals surface area (Å²) in [6.45, 7) is 2.05. The highest BCUT2D eigenvalue weighted by Crippen LogP contribution is 2.27. The zero-order valence-electron chi connectivity index (χ0n) is 12.2. The largest absolute Gasteiger partial charge is 0.235 e. The third-order valence-corrected chi connectivity index (χ3v) is 4.19. The average Bonchev–Trinajstić information content (AvgIpc) is 3.05. The fraction of sp³-hybridized carbons (Fsp3) is 0.0526. The predicted octanol–water partition coefficient (Wildman–Crippen LogP) is 5.18. The Labute approximate surface area is 134 Å². The Bertz CT molecular complexity index is 837. The molecule has 0 saturated carbocycles. The summed E-state index contributed by atoms with van der Waals surface area (Å²) in [6, 6.07) is 20.4. The number of nitrogens with zero attached hydrogens (tertiary/aromatic N) is 2. The Morgan fingerprint density at radius 1 is 1.09 bits per heavy atom. The summed E-state index contributed by atoms with van der Waals surface area (Å²) < 4.78 is 0. The SMILES string of the molecule is Cc1ccc(/C=C(\C#N)c2nc(-c3ccccc3)cs2)cc1. The zero-order chi connectivity index (χ0) is 15.4.